The first kappa shape index (κ1) is 31.5. The van der Waals surface area contributed by atoms with Crippen LogP contribution in [-0.4, -0.2) is 44.3 Å². The fourth-order valence-electron chi connectivity index (χ4n) is 4.48. The number of nitrogens with one attached hydrogen (secondary N) is 1. The smallest absolute Gasteiger partial charge is 0.264 e. The van der Waals surface area contributed by atoms with Crippen LogP contribution in [0.25, 0.3) is 0 Å². The molecule has 0 unspecified atom stereocenters. The van der Waals surface area contributed by atoms with Gasteiger partial charge in [-0.15, -0.1) is 0 Å². The van der Waals surface area contributed by atoms with Gasteiger partial charge in [0.15, 0.2) is 0 Å². The molecular formula is C30H35Cl2N3O4S. The number of hydrogen-bond acceptors (Lipinski definition) is 4. The molecule has 0 saturated heterocycles. The molecule has 0 heterocycles. The summed E-state index contributed by atoms with van der Waals surface area (Å²) in [6.07, 6.45) is 1.03. The van der Waals surface area contributed by atoms with Gasteiger partial charge in [-0.25, -0.2) is 8.42 Å². The van der Waals surface area contributed by atoms with Gasteiger partial charge < -0.3 is 10.2 Å². The van der Waals surface area contributed by atoms with E-state index in [2.05, 4.69) is 5.32 Å². The topological polar surface area (TPSA) is 86.8 Å². The number of halogens is 2. The molecule has 0 aromatic heterocycles. The third kappa shape index (κ3) is 7.56. The molecule has 3 aromatic rings. The normalized spacial score (nSPS) is 12.1. The molecule has 0 saturated carbocycles. The molecule has 0 spiro atoms. The van der Waals surface area contributed by atoms with Crippen LogP contribution in [0.15, 0.2) is 71.6 Å². The Bertz CT molecular complexity index is 1410. The van der Waals surface area contributed by atoms with Crippen LogP contribution in [0.5, 0.6) is 0 Å². The Morgan fingerprint density at radius 2 is 1.50 bits per heavy atom. The minimum absolute atomic E-state index is 0.0513. The molecule has 0 bridgehead atoms. The van der Waals surface area contributed by atoms with Gasteiger partial charge in [-0.2, -0.15) is 0 Å². The second-order valence-electron chi connectivity index (χ2n) is 9.61. The first-order chi connectivity index (χ1) is 19.0. The number of carbonyl (C=O) groups excluding carboxylic acids is 2. The van der Waals surface area contributed by atoms with Crippen LogP contribution < -0.4 is 9.62 Å². The Morgan fingerprint density at radius 1 is 0.900 bits per heavy atom. The van der Waals surface area contributed by atoms with Crippen LogP contribution >= 0.6 is 23.2 Å². The number of sulfonamides is 1. The number of amides is 2. The van der Waals surface area contributed by atoms with Gasteiger partial charge in [0, 0.05) is 28.7 Å². The SMILES string of the molecule is CCCNC(=O)[C@H](CC)N(Cc1c(Cl)cccc1Cl)C(=O)CN(c1cc(C)cc(C)c1)S(=O)(=O)c1ccccc1. The van der Waals surface area contributed by atoms with Gasteiger partial charge in [0.2, 0.25) is 11.8 Å². The van der Waals surface area contributed by atoms with Crippen molar-refractivity contribution in [3.8, 4) is 0 Å². The van der Waals surface area contributed by atoms with Crippen molar-refractivity contribution in [1.82, 2.24) is 10.2 Å². The molecular weight excluding hydrogens is 569 g/mol. The van der Waals surface area contributed by atoms with E-state index in [9.17, 15) is 18.0 Å². The van der Waals surface area contributed by atoms with Crippen molar-refractivity contribution in [2.75, 3.05) is 17.4 Å². The molecule has 3 aromatic carbocycles. The predicted molar refractivity (Wildman–Crippen MR) is 161 cm³/mol. The molecule has 0 aliphatic carbocycles. The van der Waals surface area contributed by atoms with E-state index in [0.717, 1.165) is 21.9 Å². The summed E-state index contributed by atoms with van der Waals surface area (Å²) in [6, 6.07) is 17.5. The molecule has 1 atom stereocenters. The average Bonchev–Trinajstić information content (AvgIpc) is 2.91. The number of rotatable bonds is 12. The highest BCUT2D eigenvalue weighted by Gasteiger charge is 2.34. The molecule has 0 radical (unpaired) electrons. The standard InChI is InChI=1S/C30H35Cl2N3O4S/c1-5-15-33-30(37)28(6-2)34(19-25-26(31)13-10-14-27(25)32)29(36)20-35(23-17-21(3)16-22(4)18-23)40(38,39)24-11-8-7-9-12-24/h7-14,16-18,28H,5-6,15,19-20H2,1-4H3,(H,33,37)/t28-/m0/s1. The van der Waals surface area contributed by atoms with Gasteiger partial charge in [0.1, 0.15) is 12.6 Å². The van der Waals surface area contributed by atoms with Crippen molar-refractivity contribution in [2.24, 2.45) is 0 Å². The summed E-state index contributed by atoms with van der Waals surface area (Å²) in [5.74, 6) is -0.891. The Kier molecular flexibility index (Phi) is 11.0. The van der Waals surface area contributed by atoms with Gasteiger partial charge in [0.25, 0.3) is 10.0 Å². The first-order valence-corrected chi connectivity index (χ1v) is 15.3. The van der Waals surface area contributed by atoms with E-state index in [1.54, 1.807) is 55.5 Å². The monoisotopic (exact) mass is 603 g/mol. The first-order valence-electron chi connectivity index (χ1n) is 13.2. The van der Waals surface area contributed by atoms with E-state index in [1.165, 1.54) is 17.0 Å². The molecule has 0 fully saturated rings. The zero-order chi connectivity index (χ0) is 29.4. The number of anilines is 1. The van der Waals surface area contributed by atoms with Crippen LogP contribution in [0.4, 0.5) is 5.69 Å². The van der Waals surface area contributed by atoms with Crippen molar-refractivity contribution in [3.63, 3.8) is 0 Å². The zero-order valence-corrected chi connectivity index (χ0v) is 25.5. The highest BCUT2D eigenvalue weighted by molar-refractivity contribution is 7.92. The van der Waals surface area contributed by atoms with Gasteiger partial charge >= 0.3 is 0 Å². The third-order valence-corrected chi connectivity index (χ3v) is 8.93. The summed E-state index contributed by atoms with van der Waals surface area (Å²) in [7, 11) is -4.14. The highest BCUT2D eigenvalue weighted by atomic mass is 35.5. The Labute approximate surface area is 247 Å². The fourth-order valence-corrected chi connectivity index (χ4v) is 6.42. The van der Waals surface area contributed by atoms with Crippen LogP contribution in [0.3, 0.4) is 0 Å². The molecule has 2 amide bonds. The van der Waals surface area contributed by atoms with Crippen molar-refractivity contribution >= 4 is 50.7 Å². The maximum Gasteiger partial charge on any atom is 0.264 e. The Morgan fingerprint density at radius 3 is 2.05 bits per heavy atom. The number of aryl methyl sites for hydroxylation is 2. The molecule has 0 aliphatic rings. The second-order valence-corrected chi connectivity index (χ2v) is 12.3. The summed E-state index contributed by atoms with van der Waals surface area (Å²) in [4.78, 5) is 28.8. The molecule has 40 heavy (non-hydrogen) atoms. The molecule has 3 rings (SSSR count). The minimum atomic E-state index is -4.14. The number of carbonyl (C=O) groups is 2. The summed E-state index contributed by atoms with van der Waals surface area (Å²) in [5, 5.41) is 3.55. The summed E-state index contributed by atoms with van der Waals surface area (Å²) >= 11 is 12.9. The predicted octanol–water partition coefficient (Wildman–Crippen LogP) is 6.14. The lowest BCUT2D eigenvalue weighted by molar-refractivity contribution is -0.140. The van der Waals surface area contributed by atoms with Crippen molar-refractivity contribution in [2.45, 2.75) is 58.0 Å². The Balaban J connectivity index is 2.11. The third-order valence-electron chi connectivity index (χ3n) is 6.43. The van der Waals surface area contributed by atoms with Crippen molar-refractivity contribution in [1.29, 1.82) is 0 Å². The van der Waals surface area contributed by atoms with Crippen LogP contribution in [0.2, 0.25) is 10.0 Å². The number of hydrogen-bond donors (Lipinski definition) is 1. The fraction of sp³-hybridized carbons (Fsp3) is 0.333. The lowest BCUT2D eigenvalue weighted by atomic mass is 10.1. The Hall–Kier alpha value is -3.07. The maximum atomic E-state index is 14.1. The quantitative estimate of drug-likeness (QED) is 0.269. The highest BCUT2D eigenvalue weighted by Crippen LogP contribution is 2.29. The lowest BCUT2D eigenvalue weighted by Gasteiger charge is -2.33. The van der Waals surface area contributed by atoms with Crippen molar-refractivity contribution < 1.29 is 18.0 Å². The van der Waals surface area contributed by atoms with Gasteiger partial charge in [0.05, 0.1) is 10.6 Å². The van der Waals surface area contributed by atoms with E-state index >= 15 is 0 Å². The number of benzene rings is 3. The lowest BCUT2D eigenvalue weighted by Crippen LogP contribution is -2.52. The molecule has 214 valence electrons. The minimum Gasteiger partial charge on any atom is -0.354 e. The van der Waals surface area contributed by atoms with E-state index in [-0.39, 0.29) is 17.3 Å². The van der Waals surface area contributed by atoms with E-state index in [1.807, 2.05) is 26.8 Å². The van der Waals surface area contributed by atoms with Crippen LogP contribution in [-0.2, 0) is 26.2 Å². The van der Waals surface area contributed by atoms with Crippen LogP contribution in [0, 0.1) is 13.8 Å². The average molecular weight is 605 g/mol. The maximum absolute atomic E-state index is 14.1. The molecule has 7 nitrogen and oxygen atoms in total. The summed E-state index contributed by atoms with van der Waals surface area (Å²) in [5.41, 5.74) is 2.53. The van der Waals surface area contributed by atoms with Crippen LogP contribution in [0.1, 0.15) is 43.4 Å². The molecule has 1 N–H and O–H groups in total. The molecule has 0 aliphatic heterocycles. The molecule has 10 heteroatoms. The van der Waals surface area contributed by atoms with E-state index in [4.69, 9.17) is 23.2 Å². The number of nitrogens with zero attached hydrogens (tertiary/aromatic N) is 2. The van der Waals surface area contributed by atoms with E-state index < -0.39 is 28.5 Å². The summed E-state index contributed by atoms with van der Waals surface area (Å²) < 4.78 is 29.0. The van der Waals surface area contributed by atoms with Gasteiger partial charge in [-0.05, 0) is 74.2 Å². The zero-order valence-electron chi connectivity index (χ0n) is 23.2. The van der Waals surface area contributed by atoms with Gasteiger partial charge in [-0.1, -0.05) is 67.4 Å². The largest absolute Gasteiger partial charge is 0.354 e. The van der Waals surface area contributed by atoms with Gasteiger partial charge in [-0.3, -0.25) is 13.9 Å². The second kappa shape index (κ2) is 14.0. The van der Waals surface area contributed by atoms with E-state index in [0.29, 0.717) is 34.3 Å². The summed E-state index contributed by atoms with van der Waals surface area (Å²) in [6.45, 7) is 7.31. The van der Waals surface area contributed by atoms with Crippen molar-refractivity contribution in [3.05, 3.63) is 93.5 Å².